The van der Waals surface area contributed by atoms with Crippen LogP contribution in [-0.2, 0) is 19.5 Å². The molecule has 4 heteroatoms. The molecule has 0 unspecified atom stereocenters. The van der Waals surface area contributed by atoms with E-state index in [0.29, 0.717) is 0 Å². The lowest BCUT2D eigenvalue weighted by Crippen LogP contribution is -2.24. The Morgan fingerprint density at radius 1 is 1.35 bits per heavy atom. The van der Waals surface area contributed by atoms with Gasteiger partial charge in [0.15, 0.2) is 0 Å². The average Bonchev–Trinajstić information content (AvgIpc) is 2.85. The van der Waals surface area contributed by atoms with Crippen LogP contribution in [0.15, 0.2) is 23.6 Å². The Morgan fingerprint density at radius 3 is 3.05 bits per heavy atom. The number of hydrogen-bond donors (Lipinski definition) is 1. The molecule has 1 aromatic heterocycles. The molecule has 3 nitrogen and oxygen atoms in total. The Balaban J connectivity index is 1.60. The van der Waals surface area contributed by atoms with E-state index in [2.05, 4.69) is 45.8 Å². The topological polar surface area (TPSA) is 28.2 Å². The SMILES string of the molecule is Cc1csc(CNCc2ccc3c(c2)CCCN3C)n1. The minimum Gasteiger partial charge on any atom is -0.374 e. The number of aromatic nitrogens is 1. The van der Waals surface area contributed by atoms with Crippen molar-refractivity contribution in [1.29, 1.82) is 0 Å². The molecule has 20 heavy (non-hydrogen) atoms. The van der Waals surface area contributed by atoms with E-state index in [0.717, 1.165) is 18.8 Å². The average molecular weight is 287 g/mol. The number of thiazole rings is 1. The minimum absolute atomic E-state index is 0.857. The molecule has 1 aromatic carbocycles. The van der Waals surface area contributed by atoms with Crippen LogP contribution in [0.1, 0.15) is 28.2 Å². The third kappa shape index (κ3) is 3.02. The zero-order valence-electron chi connectivity index (χ0n) is 12.1. The highest BCUT2D eigenvalue weighted by Crippen LogP contribution is 2.26. The number of fused-ring (bicyclic) bond motifs is 1. The molecule has 106 valence electrons. The van der Waals surface area contributed by atoms with Gasteiger partial charge in [-0.3, -0.25) is 0 Å². The van der Waals surface area contributed by atoms with Crippen LogP contribution in [0.2, 0.25) is 0 Å². The van der Waals surface area contributed by atoms with Crippen LogP contribution in [0, 0.1) is 6.92 Å². The standard InChI is InChI=1S/C16H21N3S/c1-12-11-20-16(18-12)10-17-9-13-5-6-15-14(8-13)4-3-7-19(15)2/h5-6,8,11,17H,3-4,7,9-10H2,1-2H3. The Bertz CT molecular complexity index is 591. The van der Waals surface area contributed by atoms with Crippen molar-refractivity contribution >= 4 is 17.0 Å². The second kappa shape index (κ2) is 5.94. The summed E-state index contributed by atoms with van der Waals surface area (Å²) in [6.07, 6.45) is 2.47. The molecule has 2 aromatic rings. The van der Waals surface area contributed by atoms with E-state index in [-0.39, 0.29) is 0 Å². The highest BCUT2D eigenvalue weighted by molar-refractivity contribution is 7.09. The fourth-order valence-electron chi connectivity index (χ4n) is 2.75. The third-order valence-electron chi connectivity index (χ3n) is 3.77. The summed E-state index contributed by atoms with van der Waals surface area (Å²) >= 11 is 1.73. The predicted molar refractivity (Wildman–Crippen MR) is 85.4 cm³/mol. The Kier molecular flexibility index (Phi) is 4.03. The molecule has 0 amide bonds. The van der Waals surface area contributed by atoms with E-state index in [9.17, 15) is 0 Å². The Morgan fingerprint density at radius 2 is 2.25 bits per heavy atom. The number of nitrogens with zero attached hydrogens (tertiary/aromatic N) is 2. The molecule has 0 atom stereocenters. The zero-order valence-corrected chi connectivity index (χ0v) is 13.0. The van der Waals surface area contributed by atoms with Crippen molar-refractivity contribution in [3.8, 4) is 0 Å². The van der Waals surface area contributed by atoms with Crippen molar-refractivity contribution in [1.82, 2.24) is 10.3 Å². The number of rotatable bonds is 4. The molecule has 0 fully saturated rings. The van der Waals surface area contributed by atoms with Crippen LogP contribution in [0.5, 0.6) is 0 Å². The van der Waals surface area contributed by atoms with Gasteiger partial charge in [0.05, 0.1) is 0 Å². The quantitative estimate of drug-likeness (QED) is 0.936. The van der Waals surface area contributed by atoms with Crippen molar-refractivity contribution in [3.63, 3.8) is 0 Å². The van der Waals surface area contributed by atoms with Crippen molar-refractivity contribution < 1.29 is 0 Å². The van der Waals surface area contributed by atoms with Crippen LogP contribution >= 0.6 is 11.3 Å². The summed E-state index contributed by atoms with van der Waals surface area (Å²) in [4.78, 5) is 6.83. The predicted octanol–water partition coefficient (Wildman–Crippen LogP) is 3.12. The maximum absolute atomic E-state index is 4.47. The summed E-state index contributed by atoms with van der Waals surface area (Å²) in [6, 6.07) is 6.85. The van der Waals surface area contributed by atoms with Gasteiger partial charge in [0, 0.05) is 43.4 Å². The number of hydrogen-bond acceptors (Lipinski definition) is 4. The maximum Gasteiger partial charge on any atom is 0.107 e. The minimum atomic E-state index is 0.857. The fraction of sp³-hybridized carbons (Fsp3) is 0.438. The van der Waals surface area contributed by atoms with Gasteiger partial charge in [0.2, 0.25) is 0 Å². The van der Waals surface area contributed by atoms with Crippen LogP contribution < -0.4 is 10.2 Å². The first-order valence-electron chi connectivity index (χ1n) is 7.17. The molecular formula is C16H21N3S. The van der Waals surface area contributed by atoms with E-state index in [4.69, 9.17) is 0 Å². The molecule has 0 radical (unpaired) electrons. The highest BCUT2D eigenvalue weighted by atomic mass is 32.1. The first-order valence-corrected chi connectivity index (χ1v) is 8.05. The maximum atomic E-state index is 4.47. The number of aryl methyl sites for hydroxylation is 2. The van der Waals surface area contributed by atoms with E-state index in [1.165, 1.54) is 41.2 Å². The summed E-state index contributed by atoms with van der Waals surface area (Å²) in [5.74, 6) is 0. The van der Waals surface area contributed by atoms with E-state index in [1.807, 2.05) is 6.92 Å². The van der Waals surface area contributed by atoms with Crippen LogP contribution in [-0.4, -0.2) is 18.6 Å². The van der Waals surface area contributed by atoms with Crippen LogP contribution in [0.3, 0.4) is 0 Å². The second-order valence-electron chi connectivity index (χ2n) is 5.47. The smallest absolute Gasteiger partial charge is 0.107 e. The Labute approximate surface area is 124 Å². The van der Waals surface area contributed by atoms with Gasteiger partial charge in [-0.15, -0.1) is 11.3 Å². The van der Waals surface area contributed by atoms with Crippen molar-refractivity contribution in [2.45, 2.75) is 32.9 Å². The lowest BCUT2D eigenvalue weighted by atomic mass is 9.99. The molecule has 1 aliphatic heterocycles. The van der Waals surface area contributed by atoms with Gasteiger partial charge >= 0.3 is 0 Å². The molecule has 3 rings (SSSR count). The van der Waals surface area contributed by atoms with Crippen molar-refractivity contribution in [3.05, 3.63) is 45.4 Å². The molecule has 1 N–H and O–H groups in total. The van der Waals surface area contributed by atoms with Crippen molar-refractivity contribution in [2.24, 2.45) is 0 Å². The zero-order chi connectivity index (χ0) is 13.9. The van der Waals surface area contributed by atoms with E-state index < -0.39 is 0 Å². The number of anilines is 1. The monoisotopic (exact) mass is 287 g/mol. The van der Waals surface area contributed by atoms with Crippen LogP contribution in [0.4, 0.5) is 5.69 Å². The van der Waals surface area contributed by atoms with Gasteiger partial charge in [-0.25, -0.2) is 4.98 Å². The van der Waals surface area contributed by atoms with Crippen LogP contribution in [0.25, 0.3) is 0 Å². The van der Waals surface area contributed by atoms with Gasteiger partial charge in [-0.1, -0.05) is 12.1 Å². The largest absolute Gasteiger partial charge is 0.374 e. The normalized spacial score (nSPS) is 14.4. The summed E-state index contributed by atoms with van der Waals surface area (Å²) in [7, 11) is 2.18. The van der Waals surface area contributed by atoms with Gasteiger partial charge in [-0.2, -0.15) is 0 Å². The second-order valence-corrected chi connectivity index (χ2v) is 6.42. The molecular weight excluding hydrogens is 266 g/mol. The molecule has 0 bridgehead atoms. The number of nitrogens with one attached hydrogen (secondary N) is 1. The summed E-state index contributed by atoms with van der Waals surface area (Å²) < 4.78 is 0. The Hall–Kier alpha value is -1.39. The van der Waals surface area contributed by atoms with Gasteiger partial charge < -0.3 is 10.2 Å². The molecule has 2 heterocycles. The fourth-order valence-corrected chi connectivity index (χ4v) is 3.49. The van der Waals surface area contributed by atoms with Gasteiger partial charge in [-0.05, 0) is 37.0 Å². The first-order chi connectivity index (χ1) is 9.72. The van der Waals surface area contributed by atoms with E-state index >= 15 is 0 Å². The molecule has 0 spiro atoms. The van der Waals surface area contributed by atoms with Crippen molar-refractivity contribution in [2.75, 3.05) is 18.5 Å². The third-order valence-corrected chi connectivity index (χ3v) is 4.73. The number of benzene rings is 1. The lowest BCUT2D eigenvalue weighted by Gasteiger charge is -2.27. The summed E-state index contributed by atoms with van der Waals surface area (Å²) in [6.45, 7) is 4.99. The lowest BCUT2D eigenvalue weighted by molar-refractivity contribution is 0.685. The molecule has 0 aliphatic carbocycles. The van der Waals surface area contributed by atoms with E-state index in [1.54, 1.807) is 11.3 Å². The first kappa shape index (κ1) is 13.6. The molecule has 1 aliphatic rings. The summed E-state index contributed by atoms with van der Waals surface area (Å²) in [5, 5.41) is 6.75. The van der Waals surface area contributed by atoms with Gasteiger partial charge in [0.25, 0.3) is 0 Å². The molecule has 0 saturated carbocycles. The molecule has 0 saturated heterocycles. The summed E-state index contributed by atoms with van der Waals surface area (Å²) in [5.41, 5.74) is 5.37. The highest BCUT2D eigenvalue weighted by Gasteiger charge is 2.13. The van der Waals surface area contributed by atoms with Gasteiger partial charge in [0.1, 0.15) is 5.01 Å².